The predicted octanol–water partition coefficient (Wildman–Crippen LogP) is 12.0. The van der Waals surface area contributed by atoms with Gasteiger partial charge in [-0.1, -0.05) is 92.7 Å². The minimum atomic E-state index is -0.379. The normalized spacial score (nSPS) is 21.0. The monoisotopic (exact) mass is 679 g/mol. The molecule has 11 rings (SSSR count). The molecule has 3 aliphatic rings. The fourth-order valence-corrected chi connectivity index (χ4v) is 10.7. The molecule has 8 aromatic rings. The van der Waals surface area contributed by atoms with Crippen molar-refractivity contribution in [2.45, 2.75) is 57.4 Å². The first kappa shape index (κ1) is 29.4. The van der Waals surface area contributed by atoms with Gasteiger partial charge in [0.2, 0.25) is 0 Å². The van der Waals surface area contributed by atoms with E-state index in [9.17, 15) is 0 Å². The van der Waals surface area contributed by atoms with Crippen LogP contribution in [0.4, 0.5) is 5.69 Å². The second kappa shape index (κ2) is 10.6. The van der Waals surface area contributed by atoms with Gasteiger partial charge in [0, 0.05) is 37.3 Å². The Kier molecular flexibility index (Phi) is 6.11. The average molecular weight is 680 g/mol. The lowest BCUT2D eigenvalue weighted by atomic mass is 9.84. The van der Waals surface area contributed by atoms with Crippen LogP contribution in [0.1, 0.15) is 73.6 Å². The van der Waals surface area contributed by atoms with Gasteiger partial charge in [0.25, 0.3) is 0 Å². The summed E-state index contributed by atoms with van der Waals surface area (Å²) in [6, 6.07) is 33.3. The molecule has 3 aromatic heterocycles. The number of allylic oxidation sites excluding steroid dienone is 2. The van der Waals surface area contributed by atoms with E-state index in [2.05, 4.69) is 147 Å². The molecule has 0 radical (unpaired) electrons. The van der Waals surface area contributed by atoms with Crippen molar-refractivity contribution in [3.05, 3.63) is 136 Å². The highest BCUT2D eigenvalue weighted by Crippen LogP contribution is 2.50. The standard InChI is InChI=1S/C47H37NO2S/c1-27-9-8-13-38-42(27)33-23-24-47(3,26-40(33)50-38)48(36-21-15-28(2)43-34-11-5-7-14-41(34)51-46(36)43)31-20-18-29-16-17-30-19-22-39-45(44(30)35(29)25-31)32-10-4-6-12-37(32)49-39/h4-8,10-14,16-23,25-28H,9,15,24H2,1-3H3. The molecule has 0 N–H and O–H groups in total. The van der Waals surface area contributed by atoms with Crippen LogP contribution < -0.4 is 15.5 Å². The number of fused-ring (bicyclic) bond motifs is 13. The molecule has 3 unspecified atom stereocenters. The summed E-state index contributed by atoms with van der Waals surface area (Å²) in [6.45, 7) is 7.10. The van der Waals surface area contributed by atoms with E-state index in [1.54, 1.807) is 0 Å². The molecule has 0 saturated carbocycles. The lowest BCUT2D eigenvalue weighted by Crippen LogP contribution is -2.48. The molecule has 4 heteroatoms. The van der Waals surface area contributed by atoms with E-state index in [4.69, 9.17) is 8.83 Å². The Morgan fingerprint density at radius 2 is 1.51 bits per heavy atom. The van der Waals surface area contributed by atoms with Crippen molar-refractivity contribution in [1.82, 2.24) is 0 Å². The summed E-state index contributed by atoms with van der Waals surface area (Å²) in [6.07, 6.45) is 14.7. The molecule has 0 fully saturated rings. The predicted molar refractivity (Wildman–Crippen MR) is 216 cm³/mol. The zero-order chi connectivity index (χ0) is 34.0. The maximum atomic E-state index is 6.68. The molecule has 3 heterocycles. The zero-order valence-electron chi connectivity index (χ0n) is 29.0. The smallest absolute Gasteiger partial charge is 0.136 e. The van der Waals surface area contributed by atoms with E-state index in [1.165, 1.54) is 69.6 Å². The van der Waals surface area contributed by atoms with Gasteiger partial charge in [0.1, 0.15) is 22.3 Å². The molecule has 0 aliphatic heterocycles. The van der Waals surface area contributed by atoms with Crippen molar-refractivity contribution in [2.24, 2.45) is 0 Å². The van der Waals surface area contributed by atoms with Crippen molar-refractivity contribution in [2.75, 3.05) is 4.90 Å². The van der Waals surface area contributed by atoms with Crippen molar-refractivity contribution in [3.8, 4) is 0 Å². The fourth-order valence-electron chi connectivity index (χ4n) is 9.38. The van der Waals surface area contributed by atoms with Gasteiger partial charge >= 0.3 is 0 Å². The third-order valence-electron chi connectivity index (χ3n) is 11.8. The minimum absolute atomic E-state index is 0.379. The van der Waals surface area contributed by atoms with Gasteiger partial charge in [-0.2, -0.15) is 0 Å². The number of rotatable bonds is 3. The second-order valence-corrected chi connectivity index (χ2v) is 16.2. The lowest BCUT2D eigenvalue weighted by molar-refractivity contribution is 0.501. The van der Waals surface area contributed by atoms with Crippen LogP contribution >= 0.6 is 11.3 Å². The SMILES string of the molecule is CC1CC=Cc2oc3c(c21)=CCC(C)(N(C1=CCC(C)c2c1sc1ccccc21)c1ccc2ccc4ccc5oc6ccccc6c5c4c2c1)C=3. The van der Waals surface area contributed by atoms with E-state index in [-0.39, 0.29) is 5.54 Å². The minimum Gasteiger partial charge on any atom is -0.457 e. The zero-order valence-corrected chi connectivity index (χ0v) is 29.8. The van der Waals surface area contributed by atoms with Crippen LogP contribution in [0.15, 0.2) is 112 Å². The van der Waals surface area contributed by atoms with Gasteiger partial charge in [-0.25, -0.2) is 0 Å². The van der Waals surface area contributed by atoms with Crippen LogP contribution in [0, 0.1) is 0 Å². The summed E-state index contributed by atoms with van der Waals surface area (Å²) in [7, 11) is 0. The van der Waals surface area contributed by atoms with E-state index in [1.807, 2.05) is 11.3 Å². The molecular formula is C47H37NO2S. The third kappa shape index (κ3) is 4.17. The Bertz CT molecular complexity index is 2970. The third-order valence-corrected chi connectivity index (χ3v) is 13.0. The quantitative estimate of drug-likeness (QED) is 0.174. The first-order chi connectivity index (χ1) is 24.9. The summed E-state index contributed by atoms with van der Waals surface area (Å²) in [5, 5.41) is 9.95. The molecule has 248 valence electrons. The largest absolute Gasteiger partial charge is 0.457 e. The van der Waals surface area contributed by atoms with Crippen LogP contribution in [0.5, 0.6) is 0 Å². The highest BCUT2D eigenvalue weighted by molar-refractivity contribution is 7.20. The van der Waals surface area contributed by atoms with Crippen molar-refractivity contribution < 1.29 is 8.83 Å². The number of benzene rings is 5. The number of furan rings is 2. The highest BCUT2D eigenvalue weighted by Gasteiger charge is 2.38. The van der Waals surface area contributed by atoms with Crippen LogP contribution in [0.3, 0.4) is 0 Å². The van der Waals surface area contributed by atoms with Crippen LogP contribution in [-0.2, 0) is 0 Å². The molecular weight excluding hydrogens is 643 g/mol. The van der Waals surface area contributed by atoms with Crippen molar-refractivity contribution in [1.29, 1.82) is 0 Å². The number of hydrogen-bond acceptors (Lipinski definition) is 4. The number of hydrogen-bond donors (Lipinski definition) is 0. The number of anilines is 1. The van der Waals surface area contributed by atoms with E-state index in [0.29, 0.717) is 11.8 Å². The second-order valence-electron chi connectivity index (χ2n) is 15.1. The number of nitrogens with zero attached hydrogens (tertiary/aromatic N) is 1. The lowest BCUT2D eigenvalue weighted by Gasteiger charge is -2.44. The molecule has 3 atom stereocenters. The first-order valence-corrected chi connectivity index (χ1v) is 19.1. The van der Waals surface area contributed by atoms with Crippen LogP contribution in [0.25, 0.3) is 77.5 Å². The topological polar surface area (TPSA) is 29.5 Å². The summed E-state index contributed by atoms with van der Waals surface area (Å²) in [4.78, 5) is 4.02. The molecule has 0 bridgehead atoms. The molecule has 0 amide bonds. The molecule has 3 aliphatic carbocycles. The van der Waals surface area contributed by atoms with Crippen LogP contribution in [-0.4, -0.2) is 5.54 Å². The van der Waals surface area contributed by atoms with Gasteiger partial charge in [-0.05, 0) is 108 Å². The number of thiophene rings is 1. The van der Waals surface area contributed by atoms with Gasteiger partial charge in [0.15, 0.2) is 0 Å². The molecule has 5 aromatic carbocycles. The van der Waals surface area contributed by atoms with Gasteiger partial charge < -0.3 is 13.7 Å². The maximum Gasteiger partial charge on any atom is 0.136 e. The molecule has 0 spiro atoms. The van der Waals surface area contributed by atoms with Gasteiger partial charge in [-0.3, -0.25) is 0 Å². The number of para-hydroxylation sites is 1. The molecule has 51 heavy (non-hydrogen) atoms. The van der Waals surface area contributed by atoms with E-state index >= 15 is 0 Å². The summed E-state index contributed by atoms with van der Waals surface area (Å²) < 4.78 is 14.4. The maximum absolute atomic E-state index is 6.68. The Morgan fingerprint density at radius 3 is 2.43 bits per heavy atom. The molecule has 0 saturated heterocycles. The van der Waals surface area contributed by atoms with Crippen molar-refractivity contribution in [3.63, 3.8) is 0 Å². The van der Waals surface area contributed by atoms with E-state index < -0.39 is 0 Å². The summed E-state index contributed by atoms with van der Waals surface area (Å²) >= 11 is 1.94. The Morgan fingerprint density at radius 1 is 0.725 bits per heavy atom. The average Bonchev–Trinajstić information content (AvgIpc) is 3.84. The molecule has 3 nitrogen and oxygen atoms in total. The van der Waals surface area contributed by atoms with Gasteiger partial charge in [0.05, 0.1) is 16.1 Å². The highest BCUT2D eigenvalue weighted by atomic mass is 32.1. The van der Waals surface area contributed by atoms with E-state index in [0.717, 1.165) is 47.0 Å². The fraction of sp³-hybridized carbons (Fsp3) is 0.191. The van der Waals surface area contributed by atoms with Gasteiger partial charge in [-0.15, -0.1) is 11.3 Å². The van der Waals surface area contributed by atoms with Crippen LogP contribution in [0.2, 0.25) is 0 Å². The first-order valence-electron chi connectivity index (χ1n) is 18.3. The van der Waals surface area contributed by atoms with Crippen molar-refractivity contribution >= 4 is 94.5 Å². The Balaban J connectivity index is 1.20. The summed E-state index contributed by atoms with van der Waals surface area (Å²) in [5.74, 6) is 1.93. The Labute approximate surface area is 300 Å². The Hall–Kier alpha value is -5.32. The summed E-state index contributed by atoms with van der Waals surface area (Å²) in [5.41, 5.74) is 7.79.